The average molecular weight is 358 g/mol. The van der Waals surface area contributed by atoms with Crippen molar-refractivity contribution in [3.63, 3.8) is 0 Å². The van der Waals surface area contributed by atoms with Crippen LogP contribution in [-0.2, 0) is 11.2 Å². The van der Waals surface area contributed by atoms with E-state index < -0.39 is 0 Å². The molecule has 0 aliphatic carbocycles. The molecular formula is C19H16ClNO2S. The van der Waals surface area contributed by atoms with E-state index in [1.54, 1.807) is 12.3 Å². The number of benzene rings is 2. The van der Waals surface area contributed by atoms with Crippen molar-refractivity contribution in [3.05, 3.63) is 75.2 Å². The van der Waals surface area contributed by atoms with Gasteiger partial charge in [0.2, 0.25) is 0 Å². The minimum Gasteiger partial charge on any atom is -0.461 e. The maximum absolute atomic E-state index is 11.6. The SMILES string of the molecule is CCOC(=O)c1csc(Cc2ccc(-c3ccc(Cl)cc3)cc2)n1. The Morgan fingerprint density at radius 3 is 2.33 bits per heavy atom. The fourth-order valence-electron chi connectivity index (χ4n) is 2.32. The molecule has 0 fully saturated rings. The predicted molar refractivity (Wildman–Crippen MR) is 97.8 cm³/mol. The van der Waals surface area contributed by atoms with E-state index in [2.05, 4.69) is 29.2 Å². The Balaban J connectivity index is 1.70. The van der Waals surface area contributed by atoms with Gasteiger partial charge < -0.3 is 4.74 Å². The molecule has 0 spiro atoms. The second kappa shape index (κ2) is 7.60. The summed E-state index contributed by atoms with van der Waals surface area (Å²) in [6, 6.07) is 16.1. The highest BCUT2D eigenvalue weighted by atomic mass is 35.5. The first-order valence-corrected chi connectivity index (χ1v) is 8.88. The highest BCUT2D eigenvalue weighted by molar-refractivity contribution is 7.09. The van der Waals surface area contributed by atoms with Crippen molar-refractivity contribution in [1.29, 1.82) is 0 Å². The smallest absolute Gasteiger partial charge is 0.357 e. The second-order valence-electron chi connectivity index (χ2n) is 5.23. The van der Waals surface area contributed by atoms with Crippen molar-refractivity contribution >= 4 is 28.9 Å². The third-order valence-electron chi connectivity index (χ3n) is 3.52. The van der Waals surface area contributed by atoms with Gasteiger partial charge >= 0.3 is 5.97 Å². The lowest BCUT2D eigenvalue weighted by atomic mass is 10.0. The number of rotatable bonds is 5. The fraction of sp³-hybridized carbons (Fsp3) is 0.158. The lowest BCUT2D eigenvalue weighted by molar-refractivity contribution is 0.0520. The van der Waals surface area contributed by atoms with Gasteiger partial charge in [-0.15, -0.1) is 11.3 Å². The Morgan fingerprint density at radius 2 is 1.71 bits per heavy atom. The number of aromatic nitrogens is 1. The van der Waals surface area contributed by atoms with Crippen molar-refractivity contribution in [2.45, 2.75) is 13.3 Å². The molecule has 122 valence electrons. The van der Waals surface area contributed by atoms with Crippen LogP contribution in [0.1, 0.15) is 28.0 Å². The van der Waals surface area contributed by atoms with Crippen LogP contribution < -0.4 is 0 Å². The Kier molecular flexibility index (Phi) is 5.28. The maximum atomic E-state index is 11.6. The van der Waals surface area contributed by atoms with Gasteiger partial charge in [-0.05, 0) is 35.7 Å². The standard InChI is InChI=1S/C19H16ClNO2S/c1-2-23-19(22)17-12-24-18(21-17)11-13-3-5-14(6-4-13)15-7-9-16(20)10-8-15/h3-10,12H,2,11H2,1H3. The van der Waals surface area contributed by atoms with Crippen LogP contribution in [0, 0.1) is 0 Å². The normalized spacial score (nSPS) is 10.6. The van der Waals surface area contributed by atoms with Crippen molar-refractivity contribution in [2.24, 2.45) is 0 Å². The first kappa shape index (κ1) is 16.7. The molecule has 3 nitrogen and oxygen atoms in total. The van der Waals surface area contributed by atoms with Gasteiger partial charge in [0, 0.05) is 16.8 Å². The maximum Gasteiger partial charge on any atom is 0.357 e. The van der Waals surface area contributed by atoms with Crippen LogP contribution in [0.25, 0.3) is 11.1 Å². The molecule has 0 unspecified atom stereocenters. The van der Waals surface area contributed by atoms with E-state index in [4.69, 9.17) is 16.3 Å². The summed E-state index contributed by atoms with van der Waals surface area (Å²) < 4.78 is 4.96. The molecule has 0 N–H and O–H groups in total. The minimum atomic E-state index is -0.363. The van der Waals surface area contributed by atoms with Crippen LogP contribution in [-0.4, -0.2) is 17.6 Å². The van der Waals surface area contributed by atoms with Gasteiger partial charge in [0.1, 0.15) is 0 Å². The van der Waals surface area contributed by atoms with Crippen molar-refractivity contribution in [2.75, 3.05) is 6.61 Å². The zero-order valence-electron chi connectivity index (χ0n) is 13.2. The number of esters is 1. The summed E-state index contributed by atoms with van der Waals surface area (Å²) >= 11 is 7.39. The van der Waals surface area contributed by atoms with Crippen LogP contribution in [0.15, 0.2) is 53.9 Å². The minimum absolute atomic E-state index is 0.359. The molecule has 2 aromatic carbocycles. The lowest BCUT2D eigenvalue weighted by Gasteiger charge is -2.04. The van der Waals surface area contributed by atoms with Crippen LogP contribution in [0.4, 0.5) is 0 Å². The number of halogens is 1. The van der Waals surface area contributed by atoms with Gasteiger partial charge in [0.15, 0.2) is 5.69 Å². The van der Waals surface area contributed by atoms with Crippen LogP contribution >= 0.6 is 22.9 Å². The molecule has 1 aromatic heterocycles. The highest BCUT2D eigenvalue weighted by Gasteiger charge is 2.11. The predicted octanol–water partition coefficient (Wildman–Crippen LogP) is 5.23. The van der Waals surface area contributed by atoms with Crippen LogP contribution in [0.5, 0.6) is 0 Å². The van der Waals surface area contributed by atoms with Crippen molar-refractivity contribution in [1.82, 2.24) is 4.98 Å². The monoisotopic (exact) mass is 357 g/mol. The summed E-state index contributed by atoms with van der Waals surface area (Å²) in [6.07, 6.45) is 0.699. The van der Waals surface area contributed by atoms with Gasteiger partial charge in [-0.2, -0.15) is 0 Å². The molecule has 3 aromatic rings. The number of hydrogen-bond acceptors (Lipinski definition) is 4. The van der Waals surface area contributed by atoms with Gasteiger partial charge in [0.25, 0.3) is 0 Å². The van der Waals surface area contributed by atoms with E-state index in [1.807, 2.05) is 24.3 Å². The van der Waals surface area contributed by atoms with E-state index in [1.165, 1.54) is 11.3 Å². The molecule has 5 heteroatoms. The fourth-order valence-corrected chi connectivity index (χ4v) is 3.25. The molecule has 0 saturated carbocycles. The highest BCUT2D eigenvalue weighted by Crippen LogP contribution is 2.23. The Hall–Kier alpha value is -2.17. The Morgan fingerprint density at radius 1 is 1.08 bits per heavy atom. The summed E-state index contributed by atoms with van der Waals surface area (Å²) in [5, 5.41) is 3.38. The molecule has 0 radical (unpaired) electrons. The molecule has 0 amide bonds. The summed E-state index contributed by atoms with van der Waals surface area (Å²) in [6.45, 7) is 2.14. The van der Waals surface area contributed by atoms with E-state index >= 15 is 0 Å². The first-order chi connectivity index (χ1) is 11.7. The average Bonchev–Trinajstić information content (AvgIpc) is 3.05. The quantitative estimate of drug-likeness (QED) is 0.587. The third-order valence-corrected chi connectivity index (χ3v) is 4.62. The topological polar surface area (TPSA) is 39.2 Å². The van der Waals surface area contributed by atoms with Crippen LogP contribution in [0.3, 0.4) is 0 Å². The molecule has 0 atom stereocenters. The van der Waals surface area contributed by atoms with E-state index in [9.17, 15) is 4.79 Å². The zero-order valence-corrected chi connectivity index (χ0v) is 14.7. The number of hydrogen-bond donors (Lipinski definition) is 0. The Bertz CT molecular complexity index is 825. The first-order valence-electron chi connectivity index (χ1n) is 7.62. The molecule has 0 aliphatic rings. The van der Waals surface area contributed by atoms with Gasteiger partial charge in [0.05, 0.1) is 11.6 Å². The van der Waals surface area contributed by atoms with E-state index in [0.29, 0.717) is 18.7 Å². The molecule has 1 heterocycles. The Labute approximate surface area is 149 Å². The number of thiazole rings is 1. The second-order valence-corrected chi connectivity index (χ2v) is 6.61. The van der Waals surface area contributed by atoms with Gasteiger partial charge in [-0.3, -0.25) is 0 Å². The molecule has 3 rings (SSSR count). The number of carbonyl (C=O) groups is 1. The summed E-state index contributed by atoms with van der Waals surface area (Å²) in [7, 11) is 0. The van der Waals surface area contributed by atoms with Gasteiger partial charge in [-0.25, -0.2) is 9.78 Å². The molecular weight excluding hydrogens is 342 g/mol. The number of nitrogens with zero attached hydrogens (tertiary/aromatic N) is 1. The van der Waals surface area contributed by atoms with Gasteiger partial charge in [-0.1, -0.05) is 48.0 Å². The molecule has 24 heavy (non-hydrogen) atoms. The summed E-state index contributed by atoms with van der Waals surface area (Å²) in [5.41, 5.74) is 3.80. The number of carbonyl (C=O) groups excluding carboxylic acids is 1. The van der Waals surface area contributed by atoms with E-state index in [-0.39, 0.29) is 5.97 Å². The van der Waals surface area contributed by atoms with Crippen molar-refractivity contribution in [3.8, 4) is 11.1 Å². The van der Waals surface area contributed by atoms with E-state index in [0.717, 1.165) is 26.7 Å². The summed E-state index contributed by atoms with van der Waals surface area (Å²) in [5.74, 6) is -0.363. The molecule has 0 aliphatic heterocycles. The number of ether oxygens (including phenoxy) is 1. The summed E-state index contributed by atoms with van der Waals surface area (Å²) in [4.78, 5) is 16.0. The third kappa shape index (κ3) is 4.02. The van der Waals surface area contributed by atoms with Crippen LogP contribution in [0.2, 0.25) is 5.02 Å². The lowest BCUT2D eigenvalue weighted by Crippen LogP contribution is -2.05. The molecule has 0 saturated heterocycles. The van der Waals surface area contributed by atoms with Crippen molar-refractivity contribution < 1.29 is 9.53 Å². The zero-order chi connectivity index (χ0) is 16.9. The largest absolute Gasteiger partial charge is 0.461 e. The molecule has 0 bridgehead atoms.